The third-order valence-corrected chi connectivity index (χ3v) is 4.99. The predicted octanol–water partition coefficient (Wildman–Crippen LogP) is 3.64. The number of methoxy groups -OCH3 is 1. The summed E-state index contributed by atoms with van der Waals surface area (Å²) in [5.41, 5.74) is 2.40. The molecule has 0 radical (unpaired) electrons. The van der Waals surface area contributed by atoms with Crippen LogP contribution in [-0.4, -0.2) is 56.4 Å². The van der Waals surface area contributed by atoms with Crippen molar-refractivity contribution in [3.63, 3.8) is 0 Å². The second-order valence-electron chi connectivity index (χ2n) is 6.56. The van der Waals surface area contributed by atoms with Crippen LogP contribution in [0.4, 0.5) is 5.69 Å². The summed E-state index contributed by atoms with van der Waals surface area (Å²) >= 11 is 6.15. The number of nitrogens with zero attached hydrogens (tertiary/aromatic N) is 3. The lowest BCUT2D eigenvalue weighted by atomic mass is 10.1. The number of anilines is 1. The van der Waals surface area contributed by atoms with Crippen molar-refractivity contribution in [1.82, 2.24) is 10.0 Å². The van der Waals surface area contributed by atoms with Gasteiger partial charge in [-0.05, 0) is 36.4 Å². The van der Waals surface area contributed by atoms with Gasteiger partial charge in [-0.3, -0.25) is 9.63 Å². The number of pyridine rings is 1. The highest BCUT2D eigenvalue weighted by Gasteiger charge is 2.27. The quantitative estimate of drug-likeness (QED) is 0.506. The maximum absolute atomic E-state index is 12.4. The average Bonchev–Trinajstić information content (AvgIpc) is 3.20. The average molecular weight is 418 g/mol. The van der Waals surface area contributed by atoms with Crippen molar-refractivity contribution in [2.45, 2.75) is 12.5 Å². The van der Waals surface area contributed by atoms with Gasteiger partial charge in [0.25, 0.3) is 5.91 Å². The molecule has 29 heavy (non-hydrogen) atoms. The standard InChI is InChI=1S/C21H24ClN3O4/c1-24(28-3)21(26)16-6-7-19(15(13-16)9-12-27-2)25-11-8-17(14-25)29-20-18(22)5-4-10-23-20/h4-7,9-10,12-13,17H,8,11,14H2,1-3H3/b12-9-/t17-/m0/s1. The Morgan fingerprint density at radius 3 is 2.90 bits per heavy atom. The molecule has 0 bridgehead atoms. The van der Waals surface area contributed by atoms with Crippen molar-refractivity contribution in [1.29, 1.82) is 0 Å². The number of amides is 1. The van der Waals surface area contributed by atoms with Gasteiger partial charge in [-0.1, -0.05) is 11.6 Å². The normalized spacial score (nSPS) is 16.3. The van der Waals surface area contributed by atoms with Gasteiger partial charge < -0.3 is 14.4 Å². The van der Waals surface area contributed by atoms with Crippen LogP contribution < -0.4 is 9.64 Å². The van der Waals surface area contributed by atoms with Crippen LogP contribution in [0.25, 0.3) is 6.08 Å². The minimum Gasteiger partial charge on any atom is -0.504 e. The fraction of sp³-hybridized carbons (Fsp3) is 0.333. The number of ether oxygens (including phenoxy) is 2. The number of carbonyl (C=O) groups is 1. The first-order valence-electron chi connectivity index (χ1n) is 9.21. The van der Waals surface area contributed by atoms with E-state index in [4.69, 9.17) is 25.9 Å². The van der Waals surface area contributed by atoms with Gasteiger partial charge in [0.15, 0.2) is 0 Å². The number of carbonyl (C=O) groups excluding carboxylic acids is 1. The molecule has 3 rings (SSSR count). The molecule has 1 aliphatic heterocycles. The molecule has 8 heteroatoms. The Kier molecular flexibility index (Phi) is 6.95. The van der Waals surface area contributed by atoms with Crippen molar-refractivity contribution in [3.05, 3.63) is 58.9 Å². The molecule has 154 valence electrons. The summed E-state index contributed by atoms with van der Waals surface area (Å²) in [4.78, 5) is 23.8. The maximum Gasteiger partial charge on any atom is 0.277 e. The Morgan fingerprint density at radius 1 is 1.34 bits per heavy atom. The van der Waals surface area contributed by atoms with Crippen molar-refractivity contribution < 1.29 is 19.1 Å². The third kappa shape index (κ3) is 4.99. The minimum absolute atomic E-state index is 0.0254. The number of rotatable bonds is 7. The first-order valence-corrected chi connectivity index (χ1v) is 9.59. The molecule has 1 atom stereocenters. The zero-order chi connectivity index (χ0) is 20.8. The Bertz CT molecular complexity index is 890. The van der Waals surface area contributed by atoms with Crippen molar-refractivity contribution in [2.24, 2.45) is 0 Å². The van der Waals surface area contributed by atoms with Crippen LogP contribution >= 0.6 is 11.6 Å². The molecule has 1 saturated heterocycles. The molecule has 0 aliphatic carbocycles. The van der Waals surface area contributed by atoms with Crippen LogP contribution in [0, 0.1) is 0 Å². The van der Waals surface area contributed by atoms with Gasteiger partial charge in [-0.2, -0.15) is 0 Å². The topological polar surface area (TPSA) is 64.1 Å². The summed E-state index contributed by atoms with van der Waals surface area (Å²) in [5.74, 6) is 0.225. The van der Waals surface area contributed by atoms with Gasteiger partial charge >= 0.3 is 0 Å². The highest BCUT2D eigenvalue weighted by molar-refractivity contribution is 6.31. The molecular formula is C21H24ClN3O4. The van der Waals surface area contributed by atoms with Gasteiger partial charge in [0, 0.05) is 43.0 Å². The number of hydrogen-bond acceptors (Lipinski definition) is 6. The lowest BCUT2D eigenvalue weighted by Gasteiger charge is -2.22. The minimum atomic E-state index is -0.224. The molecular weight excluding hydrogens is 394 g/mol. The van der Waals surface area contributed by atoms with E-state index in [1.165, 1.54) is 12.2 Å². The monoisotopic (exact) mass is 417 g/mol. The highest BCUT2D eigenvalue weighted by Crippen LogP contribution is 2.30. The fourth-order valence-electron chi connectivity index (χ4n) is 3.17. The third-order valence-electron chi connectivity index (χ3n) is 4.71. The van der Waals surface area contributed by atoms with E-state index in [1.54, 1.807) is 44.8 Å². The van der Waals surface area contributed by atoms with E-state index in [0.717, 1.165) is 24.2 Å². The number of hydrogen-bond donors (Lipinski definition) is 0. The predicted molar refractivity (Wildman–Crippen MR) is 112 cm³/mol. The van der Waals surface area contributed by atoms with Crippen LogP contribution in [0.1, 0.15) is 22.3 Å². The van der Waals surface area contributed by atoms with Gasteiger partial charge in [-0.25, -0.2) is 10.0 Å². The molecule has 2 aromatic rings. The van der Waals surface area contributed by atoms with Crippen molar-refractivity contribution in [3.8, 4) is 5.88 Å². The molecule has 2 heterocycles. The van der Waals surface area contributed by atoms with Crippen molar-refractivity contribution in [2.75, 3.05) is 39.3 Å². The molecule has 0 spiro atoms. The smallest absolute Gasteiger partial charge is 0.277 e. The molecule has 1 aromatic carbocycles. The molecule has 1 aliphatic rings. The molecule has 0 unspecified atom stereocenters. The van der Waals surface area contributed by atoms with Crippen LogP contribution in [0.2, 0.25) is 5.02 Å². The van der Waals surface area contributed by atoms with Crippen LogP contribution in [0.3, 0.4) is 0 Å². The van der Waals surface area contributed by atoms with E-state index >= 15 is 0 Å². The zero-order valence-electron chi connectivity index (χ0n) is 16.7. The number of benzene rings is 1. The maximum atomic E-state index is 12.4. The van der Waals surface area contributed by atoms with Crippen LogP contribution in [-0.2, 0) is 9.57 Å². The van der Waals surface area contributed by atoms with Crippen LogP contribution in [0.5, 0.6) is 5.88 Å². The van der Waals surface area contributed by atoms with Gasteiger partial charge in [-0.15, -0.1) is 0 Å². The van der Waals surface area contributed by atoms with Crippen molar-refractivity contribution >= 4 is 29.3 Å². The Balaban J connectivity index is 1.79. The lowest BCUT2D eigenvalue weighted by Crippen LogP contribution is -2.27. The van der Waals surface area contributed by atoms with Gasteiger partial charge in [0.1, 0.15) is 11.1 Å². The summed E-state index contributed by atoms with van der Waals surface area (Å²) in [7, 11) is 4.61. The highest BCUT2D eigenvalue weighted by atomic mass is 35.5. The van der Waals surface area contributed by atoms with Gasteiger partial charge in [0.2, 0.25) is 5.88 Å². The Hall–Kier alpha value is -2.77. The molecule has 1 fully saturated rings. The summed E-state index contributed by atoms with van der Waals surface area (Å²) in [6, 6.07) is 9.08. The first-order chi connectivity index (χ1) is 14.0. The molecule has 0 saturated carbocycles. The second kappa shape index (κ2) is 9.62. The summed E-state index contributed by atoms with van der Waals surface area (Å²) in [6.45, 7) is 1.50. The molecule has 1 aromatic heterocycles. The summed E-state index contributed by atoms with van der Waals surface area (Å²) in [6.07, 6.45) is 5.90. The first kappa shape index (κ1) is 21.0. The van der Waals surface area contributed by atoms with Gasteiger partial charge in [0.05, 0.1) is 27.0 Å². The Labute approximate surface area is 175 Å². The Morgan fingerprint density at radius 2 is 2.17 bits per heavy atom. The lowest BCUT2D eigenvalue weighted by molar-refractivity contribution is -0.0756. The SMILES string of the molecule is CO/C=C\c1cc(C(=O)N(C)OC)ccc1N1CC[C@H](Oc2ncccc2Cl)C1. The fourth-order valence-corrected chi connectivity index (χ4v) is 3.34. The van der Waals surface area contributed by atoms with Crippen LogP contribution in [0.15, 0.2) is 42.8 Å². The number of halogens is 1. The summed E-state index contributed by atoms with van der Waals surface area (Å²) < 4.78 is 11.1. The van der Waals surface area contributed by atoms with E-state index in [2.05, 4.69) is 9.88 Å². The largest absolute Gasteiger partial charge is 0.504 e. The molecule has 1 amide bonds. The second-order valence-corrected chi connectivity index (χ2v) is 6.97. The van der Waals surface area contributed by atoms with E-state index in [9.17, 15) is 4.79 Å². The number of aromatic nitrogens is 1. The van der Waals surface area contributed by atoms with E-state index in [1.807, 2.05) is 18.2 Å². The van der Waals surface area contributed by atoms with E-state index in [-0.39, 0.29) is 12.0 Å². The zero-order valence-corrected chi connectivity index (χ0v) is 17.4. The molecule has 7 nitrogen and oxygen atoms in total. The van der Waals surface area contributed by atoms with E-state index < -0.39 is 0 Å². The number of hydroxylamine groups is 2. The van der Waals surface area contributed by atoms with E-state index in [0.29, 0.717) is 23.0 Å². The molecule has 0 N–H and O–H groups in total. The summed E-state index contributed by atoms with van der Waals surface area (Å²) in [5, 5.41) is 1.69.